The van der Waals surface area contributed by atoms with Crippen LogP contribution in [0.2, 0.25) is 10.0 Å². The molecule has 0 bridgehead atoms. The Balaban J connectivity index is 1.78. The second-order valence-corrected chi connectivity index (χ2v) is 6.86. The minimum atomic E-state index is -0.820. The van der Waals surface area contributed by atoms with Crippen molar-refractivity contribution in [1.82, 2.24) is 10.2 Å². The first-order valence-electron chi connectivity index (χ1n) is 7.55. The number of urea groups is 1. The van der Waals surface area contributed by atoms with Gasteiger partial charge >= 0.3 is 6.03 Å². The number of amides is 3. The van der Waals surface area contributed by atoms with E-state index in [1.807, 2.05) is 0 Å². The number of nitrogens with zero attached hydrogens (tertiary/aromatic N) is 1. The van der Waals surface area contributed by atoms with Crippen LogP contribution >= 0.6 is 23.2 Å². The monoisotopic (exact) mass is 354 g/mol. The molecular weight excluding hydrogens is 339 g/mol. The van der Waals surface area contributed by atoms with Gasteiger partial charge in [-0.2, -0.15) is 0 Å². The van der Waals surface area contributed by atoms with Crippen LogP contribution in [0.1, 0.15) is 42.5 Å². The second-order valence-electron chi connectivity index (χ2n) is 6.01. The van der Waals surface area contributed by atoms with Crippen LogP contribution < -0.4 is 5.32 Å². The summed E-state index contributed by atoms with van der Waals surface area (Å²) in [6, 6.07) is 4.01. The number of imide groups is 1. The molecule has 122 valence electrons. The number of benzene rings is 1. The van der Waals surface area contributed by atoms with E-state index in [0.29, 0.717) is 17.9 Å². The largest absolute Gasteiger partial charge is 0.325 e. The van der Waals surface area contributed by atoms with E-state index in [2.05, 4.69) is 5.32 Å². The lowest BCUT2D eigenvalue weighted by molar-refractivity contribution is -0.132. The van der Waals surface area contributed by atoms with Gasteiger partial charge < -0.3 is 5.32 Å². The Labute approximate surface area is 143 Å². The number of carbonyl (C=O) groups is 3. The average Bonchev–Trinajstić information content (AvgIpc) is 2.72. The van der Waals surface area contributed by atoms with E-state index in [9.17, 15) is 14.4 Å². The van der Waals surface area contributed by atoms with Crippen molar-refractivity contribution < 1.29 is 14.4 Å². The minimum absolute atomic E-state index is 0.210. The van der Waals surface area contributed by atoms with E-state index >= 15 is 0 Å². The van der Waals surface area contributed by atoms with Gasteiger partial charge in [0.25, 0.3) is 5.91 Å². The van der Waals surface area contributed by atoms with Gasteiger partial charge in [-0.25, -0.2) is 4.79 Å². The van der Waals surface area contributed by atoms with Crippen molar-refractivity contribution in [2.45, 2.75) is 37.6 Å². The zero-order chi connectivity index (χ0) is 16.6. The van der Waals surface area contributed by atoms with Gasteiger partial charge in [-0.15, -0.1) is 0 Å². The molecule has 1 saturated carbocycles. The maximum Gasteiger partial charge on any atom is 0.325 e. The molecule has 1 aliphatic carbocycles. The van der Waals surface area contributed by atoms with E-state index in [-0.39, 0.29) is 28.8 Å². The van der Waals surface area contributed by atoms with Crippen LogP contribution in [-0.2, 0) is 4.79 Å². The van der Waals surface area contributed by atoms with Gasteiger partial charge in [-0.05, 0) is 31.0 Å². The van der Waals surface area contributed by atoms with Crippen LogP contribution in [0.25, 0.3) is 0 Å². The van der Waals surface area contributed by atoms with Crippen molar-refractivity contribution in [3.05, 3.63) is 33.8 Å². The summed E-state index contributed by atoms with van der Waals surface area (Å²) in [7, 11) is 0. The molecule has 1 heterocycles. The average molecular weight is 355 g/mol. The molecule has 5 nitrogen and oxygen atoms in total. The first kappa shape index (κ1) is 16.3. The molecule has 1 saturated heterocycles. The highest BCUT2D eigenvalue weighted by molar-refractivity contribution is 6.37. The van der Waals surface area contributed by atoms with Crippen molar-refractivity contribution in [2.24, 2.45) is 0 Å². The lowest BCUT2D eigenvalue weighted by Gasteiger charge is -2.30. The third kappa shape index (κ3) is 2.95. The highest BCUT2D eigenvalue weighted by atomic mass is 35.5. The zero-order valence-corrected chi connectivity index (χ0v) is 13.9. The Hall–Kier alpha value is -1.59. The smallest absolute Gasteiger partial charge is 0.323 e. The zero-order valence-electron chi connectivity index (χ0n) is 12.4. The van der Waals surface area contributed by atoms with Gasteiger partial charge in [0, 0.05) is 10.6 Å². The molecule has 23 heavy (non-hydrogen) atoms. The molecule has 1 aromatic rings. The Morgan fingerprint density at radius 3 is 2.52 bits per heavy atom. The van der Waals surface area contributed by atoms with Crippen LogP contribution in [0.5, 0.6) is 0 Å². The first-order valence-corrected chi connectivity index (χ1v) is 8.31. The van der Waals surface area contributed by atoms with Crippen LogP contribution in [0, 0.1) is 0 Å². The fraction of sp³-hybridized carbons (Fsp3) is 0.438. The van der Waals surface area contributed by atoms with Gasteiger partial charge in [0.2, 0.25) is 0 Å². The summed E-state index contributed by atoms with van der Waals surface area (Å²) in [5, 5.41) is 3.41. The molecule has 0 radical (unpaired) electrons. The second kappa shape index (κ2) is 6.13. The predicted octanol–water partition coefficient (Wildman–Crippen LogP) is 3.43. The molecular formula is C16H16Cl2N2O3. The molecule has 0 unspecified atom stereocenters. The van der Waals surface area contributed by atoms with Crippen molar-refractivity contribution >= 4 is 40.9 Å². The van der Waals surface area contributed by atoms with E-state index in [1.54, 1.807) is 6.07 Å². The predicted molar refractivity (Wildman–Crippen MR) is 86.9 cm³/mol. The molecule has 0 aromatic heterocycles. The lowest BCUT2D eigenvalue weighted by Crippen LogP contribution is -2.48. The number of ketones is 1. The standard InChI is InChI=1S/C16H16Cl2N2O3/c17-10-4-5-11(12(18)8-10)13(21)9-20-14(22)16(19-15(20)23)6-2-1-3-7-16/h4-5,8H,1-3,6-7,9H2,(H,19,23). The maximum absolute atomic E-state index is 12.6. The SMILES string of the molecule is O=C(CN1C(=O)NC2(CCCCC2)C1=O)c1ccc(Cl)cc1Cl. The molecule has 2 fully saturated rings. The van der Waals surface area contributed by atoms with Crippen molar-refractivity contribution in [3.8, 4) is 0 Å². The van der Waals surface area contributed by atoms with Crippen molar-refractivity contribution in [1.29, 1.82) is 0 Å². The number of hydrogen-bond acceptors (Lipinski definition) is 3. The molecule has 7 heteroatoms. The third-order valence-electron chi connectivity index (χ3n) is 4.49. The fourth-order valence-electron chi connectivity index (χ4n) is 3.26. The molecule has 2 aliphatic rings. The molecule has 1 aliphatic heterocycles. The quantitative estimate of drug-likeness (QED) is 0.667. The molecule has 3 amide bonds. The van der Waals surface area contributed by atoms with Crippen molar-refractivity contribution in [3.63, 3.8) is 0 Å². The Morgan fingerprint density at radius 1 is 1.17 bits per heavy atom. The van der Waals surface area contributed by atoms with E-state index < -0.39 is 11.6 Å². The van der Waals surface area contributed by atoms with Crippen LogP contribution in [0.15, 0.2) is 18.2 Å². The maximum atomic E-state index is 12.6. The summed E-state index contributed by atoms with van der Waals surface area (Å²) in [5.41, 5.74) is -0.569. The molecule has 0 atom stereocenters. The van der Waals surface area contributed by atoms with Crippen molar-refractivity contribution in [2.75, 3.05) is 6.54 Å². The van der Waals surface area contributed by atoms with E-state index in [4.69, 9.17) is 23.2 Å². The summed E-state index contributed by atoms with van der Waals surface area (Å²) in [6.45, 7) is -0.312. The summed E-state index contributed by atoms with van der Waals surface area (Å²) in [5.74, 6) is -0.691. The number of carbonyl (C=O) groups excluding carboxylic acids is 3. The third-order valence-corrected chi connectivity index (χ3v) is 5.03. The topological polar surface area (TPSA) is 66.5 Å². The Kier molecular flexibility index (Phi) is 4.34. The number of hydrogen-bond donors (Lipinski definition) is 1. The molecule has 1 spiro atoms. The summed E-state index contributed by atoms with van der Waals surface area (Å²) < 4.78 is 0. The molecule has 1 aromatic carbocycles. The van der Waals surface area contributed by atoms with Crippen LogP contribution in [0.3, 0.4) is 0 Å². The summed E-state index contributed by atoms with van der Waals surface area (Å²) in [6.07, 6.45) is 4.12. The van der Waals surface area contributed by atoms with Gasteiger partial charge in [0.05, 0.1) is 11.6 Å². The number of nitrogens with one attached hydrogen (secondary N) is 1. The molecule has 1 N–H and O–H groups in total. The normalized spacial score (nSPS) is 20.0. The highest BCUT2D eigenvalue weighted by Crippen LogP contribution is 2.33. The van der Waals surface area contributed by atoms with Gasteiger partial charge in [-0.3, -0.25) is 14.5 Å². The number of halogens is 2. The van der Waals surface area contributed by atoms with Gasteiger partial charge in [-0.1, -0.05) is 42.5 Å². The van der Waals surface area contributed by atoms with Crippen LogP contribution in [0.4, 0.5) is 4.79 Å². The van der Waals surface area contributed by atoms with Gasteiger partial charge in [0.15, 0.2) is 5.78 Å². The van der Waals surface area contributed by atoms with Crippen LogP contribution in [-0.4, -0.2) is 34.7 Å². The van der Waals surface area contributed by atoms with Gasteiger partial charge in [0.1, 0.15) is 5.54 Å². The lowest BCUT2D eigenvalue weighted by atomic mass is 9.82. The fourth-order valence-corrected chi connectivity index (χ4v) is 3.77. The Morgan fingerprint density at radius 2 is 1.87 bits per heavy atom. The van der Waals surface area contributed by atoms with E-state index in [1.165, 1.54) is 12.1 Å². The number of rotatable bonds is 3. The number of Topliss-reactive ketones (excluding diaryl/α,β-unsaturated/α-hetero) is 1. The molecule has 3 rings (SSSR count). The Bertz CT molecular complexity index is 684. The minimum Gasteiger partial charge on any atom is -0.323 e. The summed E-state index contributed by atoms with van der Waals surface area (Å²) >= 11 is 11.8. The highest BCUT2D eigenvalue weighted by Gasteiger charge is 2.51. The first-order chi connectivity index (χ1) is 10.9. The summed E-state index contributed by atoms with van der Waals surface area (Å²) in [4.78, 5) is 38.2. The van der Waals surface area contributed by atoms with E-state index in [0.717, 1.165) is 24.2 Å².